The normalized spacial score (nSPS) is 16.5. The van der Waals surface area contributed by atoms with Crippen LogP contribution in [0.1, 0.15) is 38.5 Å². The van der Waals surface area contributed by atoms with E-state index in [2.05, 4.69) is 15.3 Å². The van der Waals surface area contributed by atoms with Gasteiger partial charge >= 0.3 is 0 Å². The lowest BCUT2D eigenvalue weighted by atomic mass is 10.1. The van der Waals surface area contributed by atoms with Gasteiger partial charge in [-0.1, -0.05) is 29.8 Å². The molecule has 0 aliphatic carbocycles. The summed E-state index contributed by atoms with van der Waals surface area (Å²) in [4.78, 5) is 43.8. The molecule has 0 radical (unpaired) electrons. The molecule has 1 fully saturated rings. The van der Waals surface area contributed by atoms with Crippen molar-refractivity contribution < 1.29 is 19.1 Å². The molecular formula is C25H34N6O4. The van der Waals surface area contributed by atoms with E-state index in [9.17, 15) is 14.4 Å². The van der Waals surface area contributed by atoms with Crippen molar-refractivity contribution in [2.45, 2.75) is 26.4 Å². The number of benzene rings is 1. The molecule has 3 heterocycles. The van der Waals surface area contributed by atoms with Gasteiger partial charge in [0.1, 0.15) is 5.69 Å². The van der Waals surface area contributed by atoms with Crippen LogP contribution in [-0.4, -0.2) is 102 Å². The number of aryl methyl sites for hydroxylation is 2. The van der Waals surface area contributed by atoms with Crippen LogP contribution in [0, 0.1) is 6.92 Å². The first kappa shape index (κ1) is 24.9. The summed E-state index contributed by atoms with van der Waals surface area (Å²) in [5.41, 5.74) is 2.81. The second-order valence-corrected chi connectivity index (χ2v) is 9.17. The van der Waals surface area contributed by atoms with Crippen molar-refractivity contribution in [3.8, 4) is 0 Å². The highest BCUT2D eigenvalue weighted by Crippen LogP contribution is 2.17. The first-order valence-corrected chi connectivity index (χ1v) is 12.2. The maximum Gasteiger partial charge on any atom is 0.274 e. The minimum Gasteiger partial charge on any atom is -0.379 e. The summed E-state index contributed by atoms with van der Waals surface area (Å²) in [6, 6.07) is 9.67. The summed E-state index contributed by atoms with van der Waals surface area (Å²) in [6.07, 6.45) is 0.751. The number of ether oxygens (including phenoxy) is 1. The molecule has 35 heavy (non-hydrogen) atoms. The number of aromatic nitrogens is 2. The third-order valence-corrected chi connectivity index (χ3v) is 6.38. The highest BCUT2D eigenvalue weighted by atomic mass is 16.5. The Balaban J connectivity index is 1.32. The second kappa shape index (κ2) is 11.5. The third kappa shape index (κ3) is 6.46. The zero-order valence-corrected chi connectivity index (χ0v) is 20.5. The number of amides is 3. The zero-order chi connectivity index (χ0) is 24.8. The van der Waals surface area contributed by atoms with Gasteiger partial charge in [0, 0.05) is 58.9 Å². The number of nitrogens with one attached hydrogen (secondary N) is 1. The fourth-order valence-electron chi connectivity index (χ4n) is 4.32. The van der Waals surface area contributed by atoms with Gasteiger partial charge in [0.15, 0.2) is 5.69 Å². The molecule has 1 aromatic heterocycles. The van der Waals surface area contributed by atoms with E-state index in [0.29, 0.717) is 45.1 Å². The lowest BCUT2D eigenvalue weighted by Gasteiger charge is -2.26. The van der Waals surface area contributed by atoms with Crippen LogP contribution in [0.15, 0.2) is 30.3 Å². The van der Waals surface area contributed by atoms with Crippen LogP contribution in [0.4, 0.5) is 0 Å². The Labute approximate surface area is 205 Å². The number of likely N-dealkylation sites (N-methyl/N-ethyl adjacent to an activating group) is 1. The Morgan fingerprint density at radius 3 is 2.60 bits per heavy atom. The second-order valence-electron chi connectivity index (χ2n) is 9.17. The van der Waals surface area contributed by atoms with Gasteiger partial charge in [-0.05, 0) is 18.9 Å². The number of nitrogens with zero attached hydrogens (tertiary/aromatic N) is 5. The Kier molecular flexibility index (Phi) is 8.14. The van der Waals surface area contributed by atoms with Crippen molar-refractivity contribution in [1.29, 1.82) is 0 Å². The molecule has 10 nitrogen and oxygen atoms in total. The molecule has 1 saturated heterocycles. The van der Waals surface area contributed by atoms with Crippen LogP contribution in [0.25, 0.3) is 0 Å². The van der Waals surface area contributed by atoms with Crippen LogP contribution in [0.2, 0.25) is 0 Å². The van der Waals surface area contributed by atoms with Crippen LogP contribution in [-0.2, 0) is 22.6 Å². The Morgan fingerprint density at radius 2 is 1.86 bits per heavy atom. The average Bonchev–Trinajstić information content (AvgIpc) is 3.22. The van der Waals surface area contributed by atoms with Gasteiger partial charge in [-0.25, -0.2) is 0 Å². The van der Waals surface area contributed by atoms with Crippen LogP contribution in [0.3, 0.4) is 0 Å². The summed E-state index contributed by atoms with van der Waals surface area (Å²) < 4.78 is 6.94. The maximum absolute atomic E-state index is 13.2. The van der Waals surface area contributed by atoms with Gasteiger partial charge in [-0.3, -0.25) is 24.0 Å². The molecule has 0 atom stereocenters. The van der Waals surface area contributed by atoms with E-state index in [-0.39, 0.29) is 30.0 Å². The van der Waals surface area contributed by atoms with E-state index in [1.54, 1.807) is 22.7 Å². The maximum atomic E-state index is 13.2. The van der Waals surface area contributed by atoms with Gasteiger partial charge in [0.05, 0.1) is 19.8 Å². The topological polar surface area (TPSA) is 100 Å². The van der Waals surface area contributed by atoms with Gasteiger partial charge in [-0.2, -0.15) is 5.10 Å². The lowest BCUT2D eigenvalue weighted by Crippen LogP contribution is -2.44. The van der Waals surface area contributed by atoms with Crippen LogP contribution >= 0.6 is 0 Å². The number of hydrogen-bond donors (Lipinski definition) is 1. The lowest BCUT2D eigenvalue weighted by molar-refractivity contribution is -0.121. The van der Waals surface area contributed by atoms with Crippen molar-refractivity contribution in [2.75, 3.05) is 59.5 Å². The number of hydrogen-bond acceptors (Lipinski definition) is 6. The molecule has 0 bridgehead atoms. The van der Waals surface area contributed by atoms with Crippen molar-refractivity contribution in [2.24, 2.45) is 0 Å². The van der Waals surface area contributed by atoms with E-state index in [1.165, 1.54) is 10.5 Å². The highest BCUT2D eigenvalue weighted by Gasteiger charge is 2.27. The molecule has 2 aliphatic rings. The molecule has 10 heteroatoms. The average molecular weight is 483 g/mol. The minimum absolute atomic E-state index is 0.0718. The summed E-state index contributed by atoms with van der Waals surface area (Å²) in [5, 5.41) is 7.26. The monoisotopic (exact) mass is 482 g/mol. The summed E-state index contributed by atoms with van der Waals surface area (Å²) in [5.74, 6) is -0.750. The first-order valence-electron chi connectivity index (χ1n) is 12.2. The molecular weight excluding hydrogens is 448 g/mol. The van der Waals surface area contributed by atoms with E-state index in [1.807, 2.05) is 31.2 Å². The smallest absolute Gasteiger partial charge is 0.274 e. The summed E-state index contributed by atoms with van der Waals surface area (Å²) >= 11 is 0. The summed E-state index contributed by atoms with van der Waals surface area (Å²) in [6.45, 7) is 8.08. The zero-order valence-electron chi connectivity index (χ0n) is 20.5. The quantitative estimate of drug-likeness (QED) is 0.596. The third-order valence-electron chi connectivity index (χ3n) is 6.38. The van der Waals surface area contributed by atoms with Crippen molar-refractivity contribution in [3.63, 3.8) is 0 Å². The Bertz CT molecular complexity index is 1040. The largest absolute Gasteiger partial charge is 0.379 e. The number of carbonyl (C=O) groups excluding carboxylic acids is 3. The number of morpholine rings is 1. The predicted octanol–water partition coefficient (Wildman–Crippen LogP) is 0.758. The van der Waals surface area contributed by atoms with Gasteiger partial charge in [-0.15, -0.1) is 0 Å². The fraction of sp³-hybridized carbons (Fsp3) is 0.520. The Morgan fingerprint density at radius 1 is 1.11 bits per heavy atom. The SMILES string of the molecule is Cc1ccc(CN2CCCn3nc(C(=O)N(C)CC(=O)NCCN4CCOCC4)cc3C2=O)cc1. The molecule has 1 aromatic carbocycles. The fourth-order valence-corrected chi connectivity index (χ4v) is 4.32. The van der Waals surface area contributed by atoms with Crippen LogP contribution in [0.5, 0.6) is 0 Å². The van der Waals surface area contributed by atoms with Gasteiger partial charge < -0.3 is 19.9 Å². The van der Waals surface area contributed by atoms with E-state index in [4.69, 9.17) is 4.74 Å². The Hall–Kier alpha value is -3.24. The molecule has 3 amide bonds. The standard InChI is InChI=1S/C25H34N6O4/c1-19-4-6-20(7-5-19)17-30-9-3-10-31-22(25(30)34)16-21(27-31)24(33)28(2)18-23(32)26-8-11-29-12-14-35-15-13-29/h4-7,16H,3,8-15,17-18H2,1-2H3,(H,26,32). The molecule has 0 unspecified atom stereocenters. The first-order chi connectivity index (χ1) is 16.9. The number of fused-ring (bicyclic) bond motifs is 1. The van der Waals surface area contributed by atoms with Crippen molar-refractivity contribution in [1.82, 2.24) is 29.8 Å². The van der Waals surface area contributed by atoms with Crippen LogP contribution < -0.4 is 5.32 Å². The number of rotatable bonds is 8. The van der Waals surface area contributed by atoms with E-state index < -0.39 is 0 Å². The summed E-state index contributed by atoms with van der Waals surface area (Å²) in [7, 11) is 1.57. The van der Waals surface area contributed by atoms with Crippen molar-refractivity contribution >= 4 is 17.7 Å². The molecule has 0 saturated carbocycles. The number of carbonyl (C=O) groups is 3. The van der Waals surface area contributed by atoms with Gasteiger partial charge in [0.25, 0.3) is 11.8 Å². The van der Waals surface area contributed by atoms with E-state index in [0.717, 1.165) is 31.6 Å². The molecule has 2 aliphatic heterocycles. The minimum atomic E-state index is -0.383. The van der Waals surface area contributed by atoms with E-state index >= 15 is 0 Å². The molecule has 2 aromatic rings. The molecule has 0 spiro atoms. The highest BCUT2D eigenvalue weighted by molar-refractivity contribution is 5.99. The van der Waals surface area contributed by atoms with Gasteiger partial charge in [0.2, 0.25) is 5.91 Å². The molecule has 188 valence electrons. The van der Waals surface area contributed by atoms with Crippen molar-refractivity contribution in [3.05, 3.63) is 52.8 Å². The predicted molar refractivity (Wildman–Crippen MR) is 130 cm³/mol. The molecule has 1 N–H and O–H groups in total. The molecule has 4 rings (SSSR count).